The van der Waals surface area contributed by atoms with E-state index >= 15 is 0 Å². The predicted molar refractivity (Wildman–Crippen MR) is 178 cm³/mol. The Bertz CT molecular complexity index is 1100. The SMILES string of the molecule is CC.COCCN(CCOC)c1nc(N2CCC(OC)CC2)c2nc(N(CCOC)CCOC)nc(N3CCC(O)CC3)c2n1. The van der Waals surface area contributed by atoms with Crippen LogP contribution in [0.1, 0.15) is 39.5 Å². The zero-order valence-corrected chi connectivity index (χ0v) is 28.5. The van der Waals surface area contributed by atoms with Crippen molar-refractivity contribution in [3.8, 4) is 0 Å². The van der Waals surface area contributed by atoms with Gasteiger partial charge in [0, 0.05) is 87.9 Å². The molecule has 2 aliphatic rings. The second kappa shape index (κ2) is 19.8. The topological polar surface area (TPSA) is 131 Å². The number of ether oxygens (including phenoxy) is 5. The first kappa shape index (κ1) is 36.8. The molecule has 2 saturated heterocycles. The van der Waals surface area contributed by atoms with Crippen molar-refractivity contribution in [3.63, 3.8) is 0 Å². The highest BCUT2D eigenvalue weighted by Gasteiger charge is 2.29. The Labute approximate surface area is 269 Å². The van der Waals surface area contributed by atoms with Crippen molar-refractivity contribution in [2.24, 2.45) is 0 Å². The van der Waals surface area contributed by atoms with E-state index in [0.29, 0.717) is 101 Å². The molecule has 0 aliphatic carbocycles. The summed E-state index contributed by atoms with van der Waals surface area (Å²) in [5.74, 6) is 2.72. The molecule has 1 N–H and O–H groups in total. The number of anilines is 4. The van der Waals surface area contributed by atoms with Crippen LogP contribution in [0.5, 0.6) is 0 Å². The van der Waals surface area contributed by atoms with Gasteiger partial charge in [-0.15, -0.1) is 0 Å². The Balaban J connectivity index is 0.00000271. The number of aliphatic hydroxyl groups excluding tert-OH is 1. The monoisotopic (exact) mass is 636 g/mol. The van der Waals surface area contributed by atoms with E-state index in [-0.39, 0.29) is 12.2 Å². The van der Waals surface area contributed by atoms with Gasteiger partial charge in [-0.1, -0.05) is 13.8 Å². The average Bonchev–Trinajstić information content (AvgIpc) is 3.09. The summed E-state index contributed by atoms with van der Waals surface area (Å²) in [7, 11) is 8.54. The van der Waals surface area contributed by atoms with Crippen LogP contribution in [-0.4, -0.2) is 152 Å². The number of aliphatic hydroxyl groups is 1. The zero-order chi connectivity index (χ0) is 32.6. The molecule has 14 nitrogen and oxygen atoms in total. The standard InChI is InChI=1S/C29H50N8O6.C2H6/c1-39-18-14-36(15-19-40-2)28-31-25-24(26(32-28)34-10-6-22(38)7-11-34)30-29(37(16-20-41-3)17-21-42-4)33-27(25)35-12-8-23(43-5)9-13-35;1-2/h22-23,38H,6-21H2,1-5H3;1-2H3. The lowest BCUT2D eigenvalue weighted by molar-refractivity contribution is 0.0818. The number of hydrogen-bond donors (Lipinski definition) is 1. The molecule has 0 saturated carbocycles. The van der Waals surface area contributed by atoms with Crippen LogP contribution in [0.15, 0.2) is 0 Å². The molecule has 0 atom stereocenters. The van der Waals surface area contributed by atoms with Crippen molar-refractivity contribution in [2.45, 2.75) is 51.7 Å². The van der Waals surface area contributed by atoms with Crippen molar-refractivity contribution >= 4 is 34.6 Å². The number of nitrogens with zero attached hydrogens (tertiary/aromatic N) is 8. The minimum absolute atomic E-state index is 0.225. The van der Waals surface area contributed by atoms with Crippen molar-refractivity contribution in [1.29, 1.82) is 0 Å². The van der Waals surface area contributed by atoms with E-state index in [4.69, 9.17) is 43.6 Å². The van der Waals surface area contributed by atoms with Gasteiger partial charge in [0.1, 0.15) is 11.0 Å². The number of piperidine rings is 2. The fourth-order valence-electron chi connectivity index (χ4n) is 5.50. The predicted octanol–water partition coefficient (Wildman–Crippen LogP) is 2.22. The van der Waals surface area contributed by atoms with Crippen molar-refractivity contribution in [2.75, 3.05) is 134 Å². The first-order chi connectivity index (χ1) is 22.0. The minimum atomic E-state index is -0.315. The molecule has 2 aliphatic heterocycles. The largest absolute Gasteiger partial charge is 0.393 e. The third-order valence-corrected chi connectivity index (χ3v) is 8.15. The van der Waals surface area contributed by atoms with E-state index in [1.54, 1.807) is 35.5 Å². The summed E-state index contributed by atoms with van der Waals surface area (Å²) < 4.78 is 27.3. The Morgan fingerprint density at radius 2 is 0.956 bits per heavy atom. The molecule has 256 valence electrons. The molecule has 2 fully saturated rings. The summed E-state index contributed by atoms with van der Waals surface area (Å²) in [6.45, 7) is 11.5. The van der Waals surface area contributed by atoms with Crippen LogP contribution >= 0.6 is 0 Å². The van der Waals surface area contributed by atoms with Crippen LogP contribution in [-0.2, 0) is 23.7 Å². The molecule has 0 spiro atoms. The lowest BCUT2D eigenvalue weighted by atomic mass is 10.1. The van der Waals surface area contributed by atoms with Crippen LogP contribution < -0.4 is 19.6 Å². The van der Waals surface area contributed by atoms with Crippen molar-refractivity contribution in [3.05, 3.63) is 0 Å². The number of hydrogen-bond acceptors (Lipinski definition) is 14. The van der Waals surface area contributed by atoms with Crippen LogP contribution in [0.2, 0.25) is 0 Å². The fourth-order valence-corrected chi connectivity index (χ4v) is 5.50. The third kappa shape index (κ3) is 10.2. The fraction of sp³-hybridized carbons (Fsp3) is 0.806. The Morgan fingerprint density at radius 3 is 1.29 bits per heavy atom. The van der Waals surface area contributed by atoms with Crippen molar-refractivity contribution in [1.82, 2.24) is 19.9 Å². The van der Waals surface area contributed by atoms with E-state index in [1.807, 2.05) is 13.8 Å². The summed E-state index contributed by atoms with van der Waals surface area (Å²) >= 11 is 0. The average molecular weight is 637 g/mol. The second-order valence-electron chi connectivity index (χ2n) is 11.0. The van der Waals surface area contributed by atoms with Gasteiger partial charge in [0.15, 0.2) is 11.6 Å². The zero-order valence-electron chi connectivity index (χ0n) is 28.5. The molecule has 45 heavy (non-hydrogen) atoms. The summed E-state index contributed by atoms with van der Waals surface area (Å²) in [4.78, 5) is 29.3. The molecule has 2 aromatic rings. The summed E-state index contributed by atoms with van der Waals surface area (Å²) in [5.41, 5.74) is 1.41. The number of rotatable bonds is 17. The van der Waals surface area contributed by atoms with Crippen LogP contribution in [0, 0.1) is 0 Å². The van der Waals surface area contributed by atoms with Crippen molar-refractivity contribution < 1.29 is 28.8 Å². The summed E-state index contributed by atoms with van der Waals surface area (Å²) in [6.07, 6.45) is 3.05. The maximum Gasteiger partial charge on any atom is 0.228 e. The maximum atomic E-state index is 10.3. The maximum absolute atomic E-state index is 10.3. The molecule has 4 rings (SSSR count). The molecule has 14 heteroatoms. The van der Waals surface area contributed by atoms with E-state index in [9.17, 15) is 5.11 Å². The quantitative estimate of drug-likeness (QED) is 0.272. The van der Waals surface area contributed by atoms with E-state index < -0.39 is 0 Å². The highest BCUT2D eigenvalue weighted by molar-refractivity contribution is 5.95. The van der Waals surface area contributed by atoms with Crippen LogP contribution in [0.25, 0.3) is 11.0 Å². The first-order valence-electron chi connectivity index (χ1n) is 16.3. The lowest BCUT2D eigenvalue weighted by Gasteiger charge is -2.35. The van der Waals surface area contributed by atoms with E-state index in [2.05, 4.69) is 19.6 Å². The molecule has 0 amide bonds. The van der Waals surface area contributed by atoms with Gasteiger partial charge in [-0.25, -0.2) is 9.97 Å². The molecule has 0 bridgehead atoms. The van der Waals surface area contributed by atoms with Gasteiger partial charge in [-0.2, -0.15) is 9.97 Å². The second-order valence-corrected chi connectivity index (χ2v) is 11.0. The van der Waals surface area contributed by atoms with E-state index in [1.165, 1.54) is 0 Å². The number of methoxy groups -OCH3 is 5. The molecule has 0 unspecified atom stereocenters. The van der Waals surface area contributed by atoms with Gasteiger partial charge in [0.2, 0.25) is 11.9 Å². The van der Waals surface area contributed by atoms with Gasteiger partial charge >= 0.3 is 0 Å². The number of aromatic nitrogens is 4. The Kier molecular flexibility index (Phi) is 16.2. The normalized spacial score (nSPS) is 16.2. The Hall–Kier alpha value is -2.62. The molecule has 2 aromatic heterocycles. The van der Waals surface area contributed by atoms with Crippen LogP contribution in [0.3, 0.4) is 0 Å². The van der Waals surface area contributed by atoms with Gasteiger partial charge in [0.25, 0.3) is 0 Å². The lowest BCUT2D eigenvalue weighted by Crippen LogP contribution is -2.39. The molecular formula is C31H56N8O6. The summed E-state index contributed by atoms with van der Waals surface area (Å²) in [6, 6.07) is 0. The molecule has 4 heterocycles. The first-order valence-corrected chi connectivity index (χ1v) is 16.3. The molecular weight excluding hydrogens is 580 g/mol. The number of fused-ring (bicyclic) bond motifs is 1. The van der Waals surface area contributed by atoms with E-state index in [0.717, 1.165) is 37.6 Å². The smallest absolute Gasteiger partial charge is 0.228 e. The molecule has 0 radical (unpaired) electrons. The summed E-state index contributed by atoms with van der Waals surface area (Å²) in [5, 5.41) is 10.3. The van der Waals surface area contributed by atoms with Crippen LogP contribution in [0.4, 0.5) is 23.5 Å². The molecule has 0 aromatic carbocycles. The highest BCUT2D eigenvalue weighted by atomic mass is 16.5. The van der Waals surface area contributed by atoms with Gasteiger partial charge in [-0.3, -0.25) is 0 Å². The van der Waals surface area contributed by atoms with Gasteiger partial charge in [-0.05, 0) is 25.7 Å². The minimum Gasteiger partial charge on any atom is -0.393 e. The van der Waals surface area contributed by atoms with Gasteiger partial charge in [0.05, 0.1) is 38.6 Å². The van der Waals surface area contributed by atoms with Gasteiger partial charge < -0.3 is 48.4 Å². The highest BCUT2D eigenvalue weighted by Crippen LogP contribution is 2.35. The Morgan fingerprint density at radius 1 is 0.600 bits per heavy atom. The third-order valence-electron chi connectivity index (χ3n) is 8.15.